The Hall–Kier alpha value is -2.57. The van der Waals surface area contributed by atoms with Gasteiger partial charge < -0.3 is 19.5 Å². The van der Waals surface area contributed by atoms with Gasteiger partial charge in [-0.1, -0.05) is 18.2 Å². The van der Waals surface area contributed by atoms with Crippen LogP contribution in [0.15, 0.2) is 35.3 Å². The van der Waals surface area contributed by atoms with E-state index in [-0.39, 0.29) is 6.10 Å². The molecule has 2 aromatic rings. The van der Waals surface area contributed by atoms with Crippen LogP contribution in [0.1, 0.15) is 30.9 Å². The van der Waals surface area contributed by atoms with Gasteiger partial charge in [-0.05, 0) is 31.4 Å². The number of aryl methyl sites for hydroxylation is 2. The van der Waals surface area contributed by atoms with Crippen molar-refractivity contribution in [1.29, 1.82) is 0 Å². The minimum absolute atomic E-state index is 0.283. The third kappa shape index (κ3) is 4.29. The maximum absolute atomic E-state index is 6.11. The SMILES string of the molecule is CN=C(NCC1CCc2nnc(C)n2C1)N1CCC(Oc2ccccc2)CC1. The highest BCUT2D eigenvalue weighted by atomic mass is 16.5. The van der Waals surface area contributed by atoms with Gasteiger partial charge in [0.1, 0.15) is 23.5 Å². The topological polar surface area (TPSA) is 67.6 Å². The van der Waals surface area contributed by atoms with Crippen LogP contribution >= 0.6 is 0 Å². The zero-order valence-electron chi connectivity index (χ0n) is 16.8. The van der Waals surface area contributed by atoms with Crippen molar-refractivity contribution in [2.45, 2.75) is 45.3 Å². The molecular formula is C21H30N6O. The Kier molecular flexibility index (Phi) is 5.78. The molecule has 2 aliphatic heterocycles. The first kappa shape index (κ1) is 18.8. The van der Waals surface area contributed by atoms with E-state index < -0.39 is 0 Å². The van der Waals surface area contributed by atoms with Crippen LogP contribution in [0.3, 0.4) is 0 Å². The molecule has 0 amide bonds. The molecule has 7 heteroatoms. The van der Waals surface area contributed by atoms with Crippen LogP contribution in [0.25, 0.3) is 0 Å². The van der Waals surface area contributed by atoms with Crippen molar-refractivity contribution in [3.8, 4) is 5.75 Å². The lowest BCUT2D eigenvalue weighted by molar-refractivity contribution is 0.129. The molecule has 1 unspecified atom stereocenters. The summed E-state index contributed by atoms with van der Waals surface area (Å²) in [5.41, 5.74) is 0. The number of likely N-dealkylation sites (tertiary alicyclic amines) is 1. The van der Waals surface area contributed by atoms with Gasteiger partial charge in [-0.15, -0.1) is 10.2 Å². The van der Waals surface area contributed by atoms with Crippen molar-refractivity contribution < 1.29 is 4.74 Å². The fourth-order valence-corrected chi connectivity index (χ4v) is 4.14. The Morgan fingerprint density at radius 2 is 1.96 bits per heavy atom. The molecule has 1 aromatic carbocycles. The molecule has 0 spiro atoms. The number of fused-ring (bicyclic) bond motifs is 1. The standard InChI is InChI=1S/C21H30N6O/c1-16-24-25-20-9-8-17(15-27(16)20)14-23-21(22-2)26-12-10-19(11-13-26)28-18-6-4-3-5-7-18/h3-7,17,19H,8-15H2,1-2H3,(H,22,23). The zero-order chi connectivity index (χ0) is 19.3. The van der Waals surface area contributed by atoms with E-state index in [1.807, 2.05) is 44.3 Å². The lowest BCUT2D eigenvalue weighted by atomic mass is 9.99. The number of ether oxygens (including phenoxy) is 1. The number of nitrogens with zero attached hydrogens (tertiary/aromatic N) is 5. The Morgan fingerprint density at radius 1 is 1.18 bits per heavy atom. The number of guanidine groups is 1. The lowest BCUT2D eigenvalue weighted by Crippen LogP contribution is -2.48. The van der Waals surface area contributed by atoms with Crippen LogP contribution < -0.4 is 10.1 Å². The van der Waals surface area contributed by atoms with E-state index in [1.165, 1.54) is 0 Å². The van der Waals surface area contributed by atoms with E-state index in [9.17, 15) is 0 Å². The summed E-state index contributed by atoms with van der Waals surface area (Å²) >= 11 is 0. The average Bonchev–Trinajstić information content (AvgIpc) is 3.11. The predicted molar refractivity (Wildman–Crippen MR) is 110 cm³/mol. The van der Waals surface area contributed by atoms with Gasteiger partial charge in [-0.3, -0.25) is 4.99 Å². The number of hydrogen-bond acceptors (Lipinski definition) is 4. The summed E-state index contributed by atoms with van der Waals surface area (Å²) in [6.45, 7) is 5.90. The van der Waals surface area contributed by atoms with Crippen LogP contribution in [-0.4, -0.2) is 58.4 Å². The fraction of sp³-hybridized carbons (Fsp3) is 0.571. The molecule has 7 nitrogen and oxygen atoms in total. The number of para-hydroxylation sites is 1. The number of aromatic nitrogens is 3. The third-order valence-electron chi connectivity index (χ3n) is 5.78. The highest BCUT2D eigenvalue weighted by Crippen LogP contribution is 2.20. The van der Waals surface area contributed by atoms with E-state index in [0.717, 1.165) is 75.2 Å². The summed E-state index contributed by atoms with van der Waals surface area (Å²) in [7, 11) is 1.87. The van der Waals surface area contributed by atoms with Crippen molar-refractivity contribution in [3.63, 3.8) is 0 Å². The van der Waals surface area contributed by atoms with E-state index in [1.54, 1.807) is 0 Å². The smallest absolute Gasteiger partial charge is 0.193 e. The predicted octanol–water partition coefficient (Wildman–Crippen LogP) is 2.27. The highest BCUT2D eigenvalue weighted by molar-refractivity contribution is 5.80. The third-order valence-corrected chi connectivity index (χ3v) is 5.78. The number of benzene rings is 1. The number of piperidine rings is 1. The average molecular weight is 383 g/mol. The van der Waals surface area contributed by atoms with E-state index in [2.05, 4.69) is 30.0 Å². The molecular weight excluding hydrogens is 352 g/mol. The molecule has 150 valence electrons. The van der Waals surface area contributed by atoms with Gasteiger partial charge in [-0.25, -0.2) is 0 Å². The van der Waals surface area contributed by atoms with Crippen LogP contribution in [0.2, 0.25) is 0 Å². The maximum atomic E-state index is 6.11. The van der Waals surface area contributed by atoms with Gasteiger partial charge in [0.15, 0.2) is 5.96 Å². The second kappa shape index (κ2) is 8.63. The van der Waals surface area contributed by atoms with Crippen molar-refractivity contribution in [2.24, 2.45) is 10.9 Å². The highest BCUT2D eigenvalue weighted by Gasteiger charge is 2.25. The van der Waals surface area contributed by atoms with Crippen LogP contribution in [-0.2, 0) is 13.0 Å². The molecule has 3 heterocycles. The van der Waals surface area contributed by atoms with Gasteiger partial charge in [0.2, 0.25) is 0 Å². The molecule has 1 saturated heterocycles. The first-order chi connectivity index (χ1) is 13.7. The van der Waals surface area contributed by atoms with E-state index >= 15 is 0 Å². The Labute approximate surface area is 166 Å². The van der Waals surface area contributed by atoms with Gasteiger partial charge in [0.05, 0.1) is 0 Å². The monoisotopic (exact) mass is 382 g/mol. The van der Waals surface area contributed by atoms with Crippen molar-refractivity contribution >= 4 is 5.96 Å². The van der Waals surface area contributed by atoms with Crippen LogP contribution in [0.5, 0.6) is 5.75 Å². The quantitative estimate of drug-likeness (QED) is 0.649. The molecule has 1 aromatic heterocycles. The van der Waals surface area contributed by atoms with Crippen molar-refractivity contribution in [2.75, 3.05) is 26.7 Å². The normalized spacial score (nSPS) is 20.7. The molecule has 1 fully saturated rings. The summed E-state index contributed by atoms with van der Waals surface area (Å²) in [5.74, 6) is 4.69. The van der Waals surface area contributed by atoms with Gasteiger partial charge in [0, 0.05) is 52.5 Å². The number of nitrogens with one attached hydrogen (secondary N) is 1. The summed E-state index contributed by atoms with van der Waals surface area (Å²) < 4.78 is 8.36. The molecule has 4 rings (SSSR count). The molecule has 1 atom stereocenters. The summed E-state index contributed by atoms with van der Waals surface area (Å²) in [4.78, 5) is 6.87. The number of rotatable bonds is 4. The van der Waals surface area contributed by atoms with E-state index in [0.29, 0.717) is 5.92 Å². The van der Waals surface area contributed by atoms with Crippen LogP contribution in [0, 0.1) is 12.8 Å². The first-order valence-electron chi connectivity index (χ1n) is 10.3. The maximum Gasteiger partial charge on any atom is 0.193 e. The molecule has 2 aliphatic rings. The second-order valence-corrected chi connectivity index (χ2v) is 7.72. The Bertz CT molecular complexity index is 794. The fourth-order valence-electron chi connectivity index (χ4n) is 4.14. The van der Waals surface area contributed by atoms with Gasteiger partial charge in [0.25, 0.3) is 0 Å². The van der Waals surface area contributed by atoms with E-state index in [4.69, 9.17) is 4.74 Å². The zero-order valence-corrected chi connectivity index (χ0v) is 16.8. The molecule has 0 saturated carbocycles. The summed E-state index contributed by atoms with van der Waals surface area (Å²) in [5, 5.41) is 12.1. The first-order valence-corrected chi connectivity index (χ1v) is 10.3. The molecule has 0 radical (unpaired) electrons. The lowest BCUT2D eigenvalue weighted by Gasteiger charge is -2.35. The number of aliphatic imine (C=N–C) groups is 1. The van der Waals surface area contributed by atoms with Crippen molar-refractivity contribution in [1.82, 2.24) is 25.0 Å². The Morgan fingerprint density at radius 3 is 2.71 bits per heavy atom. The molecule has 1 N–H and O–H groups in total. The largest absolute Gasteiger partial charge is 0.490 e. The minimum atomic E-state index is 0.283. The van der Waals surface area contributed by atoms with Gasteiger partial charge in [-0.2, -0.15) is 0 Å². The second-order valence-electron chi connectivity index (χ2n) is 7.72. The molecule has 0 aliphatic carbocycles. The Balaban J connectivity index is 1.25. The molecule has 0 bridgehead atoms. The summed E-state index contributed by atoms with van der Waals surface area (Å²) in [6, 6.07) is 10.1. The van der Waals surface area contributed by atoms with Crippen LogP contribution in [0.4, 0.5) is 0 Å². The summed E-state index contributed by atoms with van der Waals surface area (Å²) in [6.07, 6.45) is 4.47. The van der Waals surface area contributed by atoms with Gasteiger partial charge >= 0.3 is 0 Å². The number of hydrogen-bond donors (Lipinski definition) is 1. The molecule has 28 heavy (non-hydrogen) atoms. The minimum Gasteiger partial charge on any atom is -0.490 e. The van der Waals surface area contributed by atoms with Crippen molar-refractivity contribution in [3.05, 3.63) is 42.0 Å².